The van der Waals surface area contributed by atoms with Crippen molar-refractivity contribution in [2.45, 2.75) is 18.7 Å². The van der Waals surface area contributed by atoms with Gasteiger partial charge in [-0.3, -0.25) is 4.79 Å². The summed E-state index contributed by atoms with van der Waals surface area (Å²) in [5, 5.41) is 11.2. The fraction of sp³-hybridized carbons (Fsp3) is 0.444. The van der Waals surface area contributed by atoms with E-state index in [1.165, 1.54) is 18.7 Å². The predicted octanol–water partition coefficient (Wildman–Crippen LogP) is -1.14. The first-order chi connectivity index (χ1) is 8.88. The topological polar surface area (TPSA) is 157 Å². The summed E-state index contributed by atoms with van der Waals surface area (Å²) in [6, 6.07) is -0.959. The maximum Gasteiger partial charge on any atom is 0.327 e. The van der Waals surface area contributed by atoms with Crippen LogP contribution < -0.4 is 16.8 Å². The lowest BCUT2D eigenvalue weighted by molar-refractivity contribution is -0.140. The van der Waals surface area contributed by atoms with Gasteiger partial charge in [-0.05, 0) is 0 Å². The number of aromatic nitrogens is 3. The molecule has 0 fully saturated rings. The number of carboxylic acids is 1. The van der Waals surface area contributed by atoms with Crippen LogP contribution in [0.4, 0.5) is 11.9 Å². The minimum Gasteiger partial charge on any atom is -0.480 e. The van der Waals surface area contributed by atoms with Gasteiger partial charge in [0, 0.05) is 12.7 Å². The highest BCUT2D eigenvalue weighted by molar-refractivity contribution is 7.98. The first kappa shape index (κ1) is 15.0. The zero-order chi connectivity index (χ0) is 14.4. The Morgan fingerprint density at radius 1 is 1.32 bits per heavy atom. The van der Waals surface area contributed by atoms with Crippen molar-refractivity contribution in [3.8, 4) is 0 Å². The Hall–Kier alpha value is -2.10. The molecule has 9 nitrogen and oxygen atoms in total. The smallest absolute Gasteiger partial charge is 0.327 e. The van der Waals surface area contributed by atoms with Crippen LogP contribution in [-0.2, 0) is 15.3 Å². The number of rotatable bonds is 6. The van der Waals surface area contributed by atoms with Gasteiger partial charge in [0.25, 0.3) is 0 Å². The fourth-order valence-corrected chi connectivity index (χ4v) is 2.10. The summed E-state index contributed by atoms with van der Waals surface area (Å²) < 4.78 is 0. The molecule has 104 valence electrons. The molecule has 0 spiro atoms. The van der Waals surface area contributed by atoms with Crippen LogP contribution in [0.5, 0.6) is 0 Å². The molecule has 0 radical (unpaired) electrons. The zero-order valence-corrected chi connectivity index (χ0v) is 11.0. The van der Waals surface area contributed by atoms with E-state index in [0.29, 0.717) is 11.6 Å². The minimum atomic E-state index is -1.10. The van der Waals surface area contributed by atoms with Crippen molar-refractivity contribution in [3.63, 3.8) is 0 Å². The number of amides is 1. The van der Waals surface area contributed by atoms with Crippen molar-refractivity contribution < 1.29 is 14.7 Å². The summed E-state index contributed by atoms with van der Waals surface area (Å²) in [5.41, 5.74) is 10.8. The van der Waals surface area contributed by atoms with E-state index in [-0.39, 0.29) is 17.6 Å². The monoisotopic (exact) mass is 286 g/mol. The van der Waals surface area contributed by atoms with Gasteiger partial charge < -0.3 is 21.9 Å². The molecule has 0 bridgehead atoms. The molecule has 0 aromatic carbocycles. The largest absolute Gasteiger partial charge is 0.480 e. The number of aliphatic carboxylic acids is 1. The number of anilines is 2. The maximum absolute atomic E-state index is 10.9. The second kappa shape index (κ2) is 6.73. The van der Waals surface area contributed by atoms with Gasteiger partial charge in [0.05, 0.1) is 5.75 Å². The van der Waals surface area contributed by atoms with Crippen molar-refractivity contribution >= 4 is 35.5 Å². The van der Waals surface area contributed by atoms with Gasteiger partial charge in [0.1, 0.15) is 11.9 Å². The highest BCUT2D eigenvalue weighted by Crippen LogP contribution is 2.11. The molecule has 1 heterocycles. The van der Waals surface area contributed by atoms with Gasteiger partial charge in [0.15, 0.2) is 0 Å². The predicted molar refractivity (Wildman–Crippen MR) is 70.1 cm³/mol. The molecular formula is C9H14N6O3S. The minimum absolute atomic E-state index is 0.0137. The van der Waals surface area contributed by atoms with Crippen LogP contribution in [0.15, 0.2) is 0 Å². The van der Waals surface area contributed by atoms with E-state index < -0.39 is 17.9 Å². The van der Waals surface area contributed by atoms with Crippen LogP contribution in [0, 0.1) is 0 Å². The van der Waals surface area contributed by atoms with Gasteiger partial charge in [-0.15, -0.1) is 0 Å². The van der Waals surface area contributed by atoms with Crippen LogP contribution in [-0.4, -0.2) is 43.7 Å². The van der Waals surface area contributed by atoms with Crippen molar-refractivity contribution in [1.29, 1.82) is 0 Å². The summed E-state index contributed by atoms with van der Waals surface area (Å²) in [6.07, 6.45) is 0. The molecule has 0 aliphatic rings. The number of hydrogen-bond acceptors (Lipinski definition) is 8. The van der Waals surface area contributed by atoms with Gasteiger partial charge in [-0.2, -0.15) is 26.7 Å². The number of carboxylic acid groups (broad SMARTS) is 1. The first-order valence-electron chi connectivity index (χ1n) is 5.22. The van der Waals surface area contributed by atoms with Crippen molar-refractivity contribution in [3.05, 3.63) is 5.82 Å². The third-order valence-electron chi connectivity index (χ3n) is 1.91. The van der Waals surface area contributed by atoms with E-state index in [4.69, 9.17) is 16.6 Å². The zero-order valence-electron chi connectivity index (χ0n) is 10.2. The standard InChI is InChI=1S/C9H14N6O3S/c1-4(16)12-5(7(17)18)2-19-3-6-13-8(10)15-9(11)14-6/h5H,2-3H2,1H3,(H,12,16)(H,17,18)(H4,10,11,13,14,15). The summed E-state index contributed by atoms with van der Waals surface area (Å²) in [5.74, 6) is -0.610. The highest BCUT2D eigenvalue weighted by Gasteiger charge is 2.18. The molecule has 1 amide bonds. The van der Waals surface area contributed by atoms with Crippen molar-refractivity contribution in [1.82, 2.24) is 20.3 Å². The lowest BCUT2D eigenvalue weighted by atomic mass is 10.3. The molecule has 1 rings (SSSR count). The molecule has 0 saturated carbocycles. The van der Waals surface area contributed by atoms with Gasteiger partial charge in [-0.25, -0.2) is 4.79 Å². The summed E-state index contributed by atoms with van der Waals surface area (Å²) >= 11 is 1.24. The molecular weight excluding hydrogens is 272 g/mol. The molecule has 1 atom stereocenters. The normalized spacial score (nSPS) is 11.8. The summed E-state index contributed by atoms with van der Waals surface area (Å²) in [6.45, 7) is 1.26. The van der Waals surface area contributed by atoms with E-state index >= 15 is 0 Å². The third-order valence-corrected chi connectivity index (χ3v) is 2.94. The molecule has 1 unspecified atom stereocenters. The van der Waals surface area contributed by atoms with E-state index in [0.717, 1.165) is 0 Å². The highest BCUT2D eigenvalue weighted by atomic mass is 32.2. The van der Waals surface area contributed by atoms with Gasteiger partial charge >= 0.3 is 5.97 Å². The van der Waals surface area contributed by atoms with Crippen molar-refractivity contribution in [2.75, 3.05) is 17.2 Å². The summed E-state index contributed by atoms with van der Waals surface area (Å²) in [7, 11) is 0. The Morgan fingerprint density at radius 3 is 2.37 bits per heavy atom. The number of thioether (sulfide) groups is 1. The number of nitrogen functional groups attached to an aromatic ring is 2. The lowest BCUT2D eigenvalue weighted by Crippen LogP contribution is -2.41. The second-order valence-electron chi connectivity index (χ2n) is 3.57. The number of carbonyl (C=O) groups is 2. The van der Waals surface area contributed by atoms with E-state index in [2.05, 4.69) is 20.3 Å². The molecule has 6 N–H and O–H groups in total. The van der Waals surface area contributed by atoms with Crippen LogP contribution in [0.25, 0.3) is 0 Å². The van der Waals surface area contributed by atoms with Gasteiger partial charge in [-0.1, -0.05) is 0 Å². The Balaban J connectivity index is 2.51. The summed E-state index contributed by atoms with van der Waals surface area (Å²) in [4.78, 5) is 33.0. The lowest BCUT2D eigenvalue weighted by Gasteiger charge is -2.12. The SMILES string of the molecule is CC(=O)NC(CSCc1nc(N)nc(N)n1)C(=O)O. The number of nitrogens with one attached hydrogen (secondary N) is 1. The third kappa shape index (κ3) is 5.38. The molecule has 19 heavy (non-hydrogen) atoms. The molecule has 0 aliphatic heterocycles. The maximum atomic E-state index is 10.9. The molecule has 1 aromatic heterocycles. The Kier molecular flexibility index (Phi) is 5.30. The molecule has 0 saturated heterocycles. The number of nitrogens with two attached hydrogens (primary N) is 2. The average molecular weight is 286 g/mol. The van der Waals surface area contributed by atoms with E-state index in [1.54, 1.807) is 0 Å². The van der Waals surface area contributed by atoms with Gasteiger partial charge in [0.2, 0.25) is 17.8 Å². The Bertz CT molecular complexity index is 463. The number of carbonyl (C=O) groups excluding carboxylic acids is 1. The first-order valence-corrected chi connectivity index (χ1v) is 6.37. The van der Waals surface area contributed by atoms with Crippen LogP contribution in [0.2, 0.25) is 0 Å². The van der Waals surface area contributed by atoms with Crippen LogP contribution >= 0.6 is 11.8 Å². The number of nitrogens with zero attached hydrogens (tertiary/aromatic N) is 3. The average Bonchev–Trinajstić information content (AvgIpc) is 2.25. The molecule has 10 heteroatoms. The van der Waals surface area contributed by atoms with Crippen molar-refractivity contribution in [2.24, 2.45) is 0 Å². The molecule has 0 aliphatic carbocycles. The quantitative estimate of drug-likeness (QED) is 0.507. The number of hydrogen-bond donors (Lipinski definition) is 4. The molecule has 1 aromatic rings. The van der Waals surface area contributed by atoms with Crippen LogP contribution in [0.1, 0.15) is 12.7 Å². The second-order valence-corrected chi connectivity index (χ2v) is 4.60. The fourth-order valence-electron chi connectivity index (χ4n) is 1.21. The van der Waals surface area contributed by atoms with Crippen LogP contribution in [0.3, 0.4) is 0 Å². The van der Waals surface area contributed by atoms with E-state index in [9.17, 15) is 9.59 Å². The van der Waals surface area contributed by atoms with E-state index in [1.807, 2.05) is 0 Å². The Morgan fingerprint density at radius 2 is 1.89 bits per heavy atom. The Labute approximate surface area is 113 Å².